The lowest BCUT2D eigenvalue weighted by Crippen LogP contribution is -2.29. The van der Waals surface area contributed by atoms with Crippen molar-refractivity contribution in [2.75, 3.05) is 23.0 Å². The third-order valence-electron chi connectivity index (χ3n) is 24.5. The van der Waals surface area contributed by atoms with Crippen molar-refractivity contribution in [1.82, 2.24) is 0 Å². The van der Waals surface area contributed by atoms with Crippen LogP contribution >= 0.6 is 23.5 Å². The fourth-order valence-corrected chi connectivity index (χ4v) is 19.9. The van der Waals surface area contributed by atoms with Crippen molar-refractivity contribution in [1.29, 1.82) is 0 Å². The van der Waals surface area contributed by atoms with Gasteiger partial charge in [0.1, 0.15) is 11.5 Å². The SMILES string of the molecule is CCCCC(CC)COc1ccc(C2(c3ccc(Sc4ccc5c(c4)CC5)cc3)c3ccccc3-c3ccc(N(c4ccccc4)c4ccc(-c5ccc(N(c6ccccc6)c6ccc7c(c6)C(c6ccc(OCC(CC)CCCC)cc6)(c6ccc(Sc8ccc9c(c8)CC9)cc6)c6ccccc6-7)cc5)cc4)cc32)cc1. The van der Waals surface area contributed by atoms with Crippen LogP contribution in [0.4, 0.5) is 34.1 Å². The highest BCUT2D eigenvalue weighted by Crippen LogP contribution is 2.60. The first kappa shape index (κ1) is 72.5. The minimum atomic E-state index is -0.651. The second kappa shape index (κ2) is 32.0. The molecule has 0 N–H and O–H groups in total. The van der Waals surface area contributed by atoms with Gasteiger partial charge in [-0.15, -0.1) is 0 Å². The molecular weight excluding hydrogens is 1400 g/mol. The standard InChI is InChI=1S/C106H96N2O2S2/c1-5-9-21-73(7-3)71-109-91-55-41-81(42-56-91)105(83-45-61-93(62-46-83)111-95-59-39-77-31-33-79(77)67-95)101-29-19-17-27-97(101)99-65-53-89(69-103(99)105)107(85-23-13-11-14-24-85)87-49-35-75(36-50-87)76-37-51-88(52-38-76)108(86-25-15-12-16-26-86)90-54-66-100-98-28-18-20-30-102(98)106(104(100)70-90,82-43-57-92(58-44-82)110-72-74(8-4)22-10-6-2)84-47-63-94(64-48-84)112-96-60-40-78-32-34-80(78)68-96/h11-20,23-30,35-70,73-74H,5-10,21-22,31-34,71-72H2,1-4H3. The molecule has 4 aliphatic rings. The van der Waals surface area contributed by atoms with Crippen molar-refractivity contribution in [3.8, 4) is 44.9 Å². The van der Waals surface area contributed by atoms with Crippen LogP contribution in [0.15, 0.2) is 347 Å². The molecule has 0 saturated heterocycles. The van der Waals surface area contributed by atoms with Gasteiger partial charge < -0.3 is 19.3 Å². The molecule has 4 atom stereocenters. The van der Waals surface area contributed by atoms with E-state index >= 15 is 0 Å². The molecule has 0 radical (unpaired) electrons. The molecule has 0 bridgehead atoms. The molecule has 14 aromatic rings. The number of unbranched alkanes of at least 4 members (excludes halogenated alkanes) is 2. The van der Waals surface area contributed by atoms with E-state index in [0.717, 1.165) is 82.8 Å². The van der Waals surface area contributed by atoms with E-state index in [1.165, 1.54) is 173 Å². The molecule has 4 unspecified atom stereocenters. The summed E-state index contributed by atoms with van der Waals surface area (Å²) in [6.07, 6.45) is 14.2. The summed E-state index contributed by atoms with van der Waals surface area (Å²) in [5.41, 5.74) is 28.3. The summed E-state index contributed by atoms with van der Waals surface area (Å²) in [5.74, 6) is 2.90. The van der Waals surface area contributed by atoms with Gasteiger partial charge in [0.15, 0.2) is 0 Å². The van der Waals surface area contributed by atoms with Crippen molar-refractivity contribution >= 4 is 57.6 Å². The number of rotatable bonds is 29. The Bertz CT molecular complexity index is 5290. The van der Waals surface area contributed by atoms with Gasteiger partial charge in [-0.25, -0.2) is 0 Å². The fourth-order valence-electron chi connectivity index (χ4n) is 18.2. The van der Waals surface area contributed by atoms with Gasteiger partial charge in [0.05, 0.1) is 24.0 Å². The third-order valence-corrected chi connectivity index (χ3v) is 26.5. The van der Waals surface area contributed by atoms with E-state index in [2.05, 4.69) is 365 Å². The van der Waals surface area contributed by atoms with Crippen LogP contribution in [0.2, 0.25) is 0 Å². The molecule has 0 heterocycles. The van der Waals surface area contributed by atoms with Crippen molar-refractivity contribution < 1.29 is 9.47 Å². The zero-order valence-electron chi connectivity index (χ0n) is 64.8. The van der Waals surface area contributed by atoms with Gasteiger partial charge in [0, 0.05) is 53.7 Å². The Kier molecular flexibility index (Phi) is 20.7. The van der Waals surface area contributed by atoms with Gasteiger partial charge in [-0.3, -0.25) is 0 Å². The average Bonchev–Trinajstić information content (AvgIpc) is 1.54. The van der Waals surface area contributed by atoms with Crippen molar-refractivity contribution in [3.05, 3.63) is 394 Å². The number of benzene rings is 14. The van der Waals surface area contributed by atoms with E-state index in [0.29, 0.717) is 11.8 Å². The molecule has 0 aliphatic heterocycles. The number of aryl methyl sites for hydroxylation is 4. The molecule has 4 aliphatic carbocycles. The topological polar surface area (TPSA) is 24.9 Å². The Balaban J connectivity index is 0.691. The van der Waals surface area contributed by atoms with Gasteiger partial charge >= 0.3 is 0 Å². The van der Waals surface area contributed by atoms with Crippen LogP contribution in [0.1, 0.15) is 146 Å². The molecule has 4 nitrogen and oxygen atoms in total. The lowest BCUT2D eigenvalue weighted by atomic mass is 9.67. The number of fused-ring (bicyclic) bond motifs is 8. The van der Waals surface area contributed by atoms with Crippen molar-refractivity contribution in [3.63, 3.8) is 0 Å². The third kappa shape index (κ3) is 13.7. The van der Waals surface area contributed by atoms with E-state index in [-0.39, 0.29) is 0 Å². The molecule has 0 aromatic heterocycles. The van der Waals surface area contributed by atoms with E-state index in [9.17, 15) is 0 Å². The maximum Gasteiger partial charge on any atom is 0.119 e. The number of ether oxygens (including phenoxy) is 2. The fraction of sp³-hybridized carbons (Fsp3) is 0.208. The molecule has 6 heteroatoms. The number of nitrogens with zero attached hydrogens (tertiary/aromatic N) is 2. The van der Waals surface area contributed by atoms with Crippen LogP contribution in [0.5, 0.6) is 11.5 Å². The summed E-state index contributed by atoms with van der Waals surface area (Å²) in [6.45, 7) is 10.6. The number of hydrogen-bond acceptors (Lipinski definition) is 6. The highest BCUT2D eigenvalue weighted by atomic mass is 32.2. The molecule has 0 fully saturated rings. The van der Waals surface area contributed by atoms with E-state index < -0.39 is 10.8 Å². The molecule has 14 aromatic carbocycles. The summed E-state index contributed by atoms with van der Waals surface area (Å²) in [4.78, 5) is 9.91. The van der Waals surface area contributed by atoms with Gasteiger partial charge in [0.25, 0.3) is 0 Å². The number of para-hydroxylation sites is 2. The van der Waals surface area contributed by atoms with Gasteiger partial charge in [-0.1, -0.05) is 272 Å². The summed E-state index contributed by atoms with van der Waals surface area (Å²) in [7, 11) is 0. The van der Waals surface area contributed by atoms with E-state index in [1.807, 2.05) is 23.5 Å². The maximum absolute atomic E-state index is 6.65. The van der Waals surface area contributed by atoms with Crippen LogP contribution in [-0.2, 0) is 36.5 Å². The predicted molar refractivity (Wildman–Crippen MR) is 469 cm³/mol. The van der Waals surface area contributed by atoms with Crippen LogP contribution in [0.25, 0.3) is 33.4 Å². The Morgan fingerprint density at radius 2 is 0.625 bits per heavy atom. The Morgan fingerprint density at radius 3 is 0.982 bits per heavy atom. The minimum absolute atomic E-state index is 0.534. The lowest BCUT2D eigenvalue weighted by Gasteiger charge is -2.35. The van der Waals surface area contributed by atoms with Crippen LogP contribution in [0, 0.1) is 11.8 Å². The van der Waals surface area contributed by atoms with Crippen LogP contribution in [-0.4, -0.2) is 13.2 Å². The minimum Gasteiger partial charge on any atom is -0.493 e. The van der Waals surface area contributed by atoms with Crippen LogP contribution in [0.3, 0.4) is 0 Å². The number of hydrogen-bond donors (Lipinski definition) is 0. The summed E-state index contributed by atoms with van der Waals surface area (Å²) < 4.78 is 13.3. The largest absolute Gasteiger partial charge is 0.493 e. The highest BCUT2D eigenvalue weighted by Gasteiger charge is 2.48. The molecule has 554 valence electrons. The highest BCUT2D eigenvalue weighted by molar-refractivity contribution is 7.99. The molecular formula is C106H96N2O2S2. The Hall–Kier alpha value is -11.0. The second-order valence-electron chi connectivity index (χ2n) is 31.1. The number of anilines is 6. The molecule has 0 saturated carbocycles. The Morgan fingerprint density at radius 1 is 0.295 bits per heavy atom. The lowest BCUT2D eigenvalue weighted by molar-refractivity contribution is 0.233. The van der Waals surface area contributed by atoms with Gasteiger partial charge in [-0.2, -0.15) is 0 Å². The Labute approximate surface area is 671 Å². The first-order valence-corrected chi connectivity index (χ1v) is 42.6. The molecule has 112 heavy (non-hydrogen) atoms. The van der Waals surface area contributed by atoms with E-state index in [1.54, 1.807) is 0 Å². The van der Waals surface area contributed by atoms with Gasteiger partial charge in [0.2, 0.25) is 0 Å². The summed E-state index contributed by atoms with van der Waals surface area (Å²) in [6, 6.07) is 124. The first-order chi connectivity index (χ1) is 55.3. The zero-order valence-corrected chi connectivity index (χ0v) is 66.4. The zero-order chi connectivity index (χ0) is 75.5. The molecule has 0 amide bonds. The molecule has 0 spiro atoms. The monoisotopic (exact) mass is 1490 g/mol. The average molecular weight is 1490 g/mol. The van der Waals surface area contributed by atoms with Crippen molar-refractivity contribution in [2.24, 2.45) is 11.8 Å². The predicted octanol–water partition coefficient (Wildman–Crippen LogP) is 28.7. The summed E-state index contributed by atoms with van der Waals surface area (Å²) >= 11 is 3.71. The smallest absolute Gasteiger partial charge is 0.119 e. The van der Waals surface area contributed by atoms with E-state index in [4.69, 9.17) is 9.47 Å². The maximum atomic E-state index is 6.65. The van der Waals surface area contributed by atoms with Crippen LogP contribution < -0.4 is 19.3 Å². The second-order valence-corrected chi connectivity index (χ2v) is 33.4. The van der Waals surface area contributed by atoms with Gasteiger partial charge in [-0.05, 0) is 296 Å². The molecule has 18 rings (SSSR count). The van der Waals surface area contributed by atoms with Crippen molar-refractivity contribution in [2.45, 2.75) is 135 Å². The normalized spacial score (nSPS) is 15.8. The first-order valence-electron chi connectivity index (χ1n) is 40.9. The summed E-state index contributed by atoms with van der Waals surface area (Å²) in [5, 5.41) is 0. The quantitative estimate of drug-likeness (QED) is 0.0463.